The summed E-state index contributed by atoms with van der Waals surface area (Å²) in [7, 11) is 0. The molecule has 0 aliphatic heterocycles. The molecule has 4 heteroatoms. The average Bonchev–Trinajstić information content (AvgIpc) is 2.28. The van der Waals surface area contributed by atoms with Gasteiger partial charge in [-0.15, -0.1) is 0 Å². The van der Waals surface area contributed by atoms with Gasteiger partial charge in [-0.05, 0) is 19.9 Å². The van der Waals surface area contributed by atoms with Gasteiger partial charge in [0, 0.05) is 24.8 Å². The third-order valence-electron chi connectivity index (χ3n) is 2.35. The molecule has 0 aromatic heterocycles. The van der Waals surface area contributed by atoms with E-state index in [2.05, 4.69) is 5.32 Å². The molecule has 1 atom stereocenters. The lowest BCUT2D eigenvalue weighted by Gasteiger charge is -2.15. The summed E-state index contributed by atoms with van der Waals surface area (Å²) < 4.78 is 31.5. The van der Waals surface area contributed by atoms with Gasteiger partial charge in [-0.3, -0.25) is 0 Å². The Balaban J connectivity index is 2.52. The zero-order valence-electron chi connectivity index (χ0n) is 9.59. The first-order valence-electron chi connectivity index (χ1n) is 5.41. The SMILES string of the molecule is CCOCCNC(C)c1cccc(F)c1F. The molecule has 0 fully saturated rings. The van der Waals surface area contributed by atoms with Crippen molar-refractivity contribution in [3.8, 4) is 0 Å². The van der Waals surface area contributed by atoms with Crippen LogP contribution in [0.2, 0.25) is 0 Å². The highest BCUT2D eigenvalue weighted by atomic mass is 19.2. The fraction of sp³-hybridized carbons (Fsp3) is 0.500. The van der Waals surface area contributed by atoms with Crippen molar-refractivity contribution in [2.75, 3.05) is 19.8 Å². The summed E-state index contributed by atoms with van der Waals surface area (Å²) >= 11 is 0. The Labute approximate surface area is 94.6 Å². The van der Waals surface area contributed by atoms with Crippen LogP contribution in [-0.4, -0.2) is 19.8 Å². The molecule has 1 N–H and O–H groups in total. The van der Waals surface area contributed by atoms with E-state index in [0.29, 0.717) is 25.3 Å². The summed E-state index contributed by atoms with van der Waals surface area (Å²) in [4.78, 5) is 0. The third-order valence-corrected chi connectivity index (χ3v) is 2.35. The highest BCUT2D eigenvalue weighted by Crippen LogP contribution is 2.18. The van der Waals surface area contributed by atoms with Gasteiger partial charge < -0.3 is 10.1 Å². The Morgan fingerprint density at radius 3 is 2.81 bits per heavy atom. The van der Waals surface area contributed by atoms with Crippen LogP contribution in [0.3, 0.4) is 0 Å². The van der Waals surface area contributed by atoms with Crippen LogP contribution in [0.5, 0.6) is 0 Å². The van der Waals surface area contributed by atoms with Gasteiger partial charge in [-0.2, -0.15) is 0 Å². The quantitative estimate of drug-likeness (QED) is 0.757. The van der Waals surface area contributed by atoms with Crippen molar-refractivity contribution in [2.45, 2.75) is 19.9 Å². The largest absolute Gasteiger partial charge is 0.380 e. The van der Waals surface area contributed by atoms with Crippen LogP contribution in [0.4, 0.5) is 8.78 Å². The molecule has 16 heavy (non-hydrogen) atoms. The lowest BCUT2D eigenvalue weighted by molar-refractivity contribution is 0.147. The average molecular weight is 229 g/mol. The molecule has 0 heterocycles. The van der Waals surface area contributed by atoms with Crippen LogP contribution < -0.4 is 5.32 Å². The van der Waals surface area contributed by atoms with Crippen molar-refractivity contribution in [2.24, 2.45) is 0 Å². The van der Waals surface area contributed by atoms with Gasteiger partial charge in [0.05, 0.1) is 6.61 Å². The van der Waals surface area contributed by atoms with Gasteiger partial charge in [0.15, 0.2) is 11.6 Å². The van der Waals surface area contributed by atoms with Crippen molar-refractivity contribution in [1.82, 2.24) is 5.32 Å². The molecular weight excluding hydrogens is 212 g/mol. The zero-order valence-corrected chi connectivity index (χ0v) is 9.59. The predicted molar refractivity (Wildman–Crippen MR) is 59.3 cm³/mol. The van der Waals surface area contributed by atoms with Crippen molar-refractivity contribution in [1.29, 1.82) is 0 Å². The van der Waals surface area contributed by atoms with Gasteiger partial charge in [0.2, 0.25) is 0 Å². The Hall–Kier alpha value is -1.00. The van der Waals surface area contributed by atoms with Crippen molar-refractivity contribution >= 4 is 0 Å². The van der Waals surface area contributed by atoms with E-state index in [1.807, 2.05) is 6.92 Å². The number of hydrogen-bond donors (Lipinski definition) is 1. The fourth-order valence-corrected chi connectivity index (χ4v) is 1.46. The van der Waals surface area contributed by atoms with Crippen LogP contribution in [-0.2, 0) is 4.74 Å². The maximum atomic E-state index is 13.4. The molecule has 0 radical (unpaired) electrons. The maximum Gasteiger partial charge on any atom is 0.163 e. The first-order valence-corrected chi connectivity index (χ1v) is 5.41. The normalized spacial score (nSPS) is 12.8. The van der Waals surface area contributed by atoms with E-state index in [9.17, 15) is 8.78 Å². The minimum Gasteiger partial charge on any atom is -0.380 e. The van der Waals surface area contributed by atoms with Crippen LogP contribution in [0.15, 0.2) is 18.2 Å². The minimum absolute atomic E-state index is 0.226. The van der Waals surface area contributed by atoms with Crippen LogP contribution >= 0.6 is 0 Å². The zero-order chi connectivity index (χ0) is 12.0. The van der Waals surface area contributed by atoms with E-state index >= 15 is 0 Å². The van der Waals surface area contributed by atoms with E-state index in [-0.39, 0.29) is 6.04 Å². The molecule has 90 valence electrons. The molecule has 1 unspecified atom stereocenters. The second kappa shape index (κ2) is 6.55. The standard InChI is InChI=1S/C12H17F2NO/c1-3-16-8-7-15-9(2)10-5-4-6-11(13)12(10)14/h4-6,9,15H,3,7-8H2,1-2H3. The first kappa shape index (κ1) is 13.1. The Morgan fingerprint density at radius 2 is 2.12 bits per heavy atom. The fourth-order valence-electron chi connectivity index (χ4n) is 1.46. The summed E-state index contributed by atoms with van der Waals surface area (Å²) in [6.07, 6.45) is 0. The highest BCUT2D eigenvalue weighted by molar-refractivity contribution is 5.21. The number of benzene rings is 1. The minimum atomic E-state index is -0.809. The number of rotatable bonds is 6. The summed E-state index contributed by atoms with van der Waals surface area (Å²) in [5.74, 6) is -1.59. The van der Waals surface area contributed by atoms with E-state index in [1.165, 1.54) is 6.07 Å². The Morgan fingerprint density at radius 1 is 1.38 bits per heavy atom. The molecule has 2 nitrogen and oxygen atoms in total. The number of nitrogens with one attached hydrogen (secondary N) is 1. The highest BCUT2D eigenvalue weighted by Gasteiger charge is 2.13. The van der Waals surface area contributed by atoms with E-state index in [0.717, 1.165) is 6.07 Å². The van der Waals surface area contributed by atoms with E-state index in [4.69, 9.17) is 4.74 Å². The lowest BCUT2D eigenvalue weighted by atomic mass is 10.1. The van der Waals surface area contributed by atoms with E-state index < -0.39 is 11.6 Å². The molecule has 0 saturated carbocycles. The monoisotopic (exact) mass is 229 g/mol. The van der Waals surface area contributed by atoms with Gasteiger partial charge in [-0.1, -0.05) is 12.1 Å². The van der Waals surface area contributed by atoms with Gasteiger partial charge in [-0.25, -0.2) is 8.78 Å². The Bertz CT molecular complexity index is 331. The number of ether oxygens (including phenoxy) is 1. The molecule has 0 bridgehead atoms. The summed E-state index contributed by atoms with van der Waals surface area (Å²) in [6.45, 7) is 5.55. The summed E-state index contributed by atoms with van der Waals surface area (Å²) in [5.41, 5.74) is 0.344. The summed E-state index contributed by atoms with van der Waals surface area (Å²) in [5, 5.41) is 3.07. The predicted octanol–water partition coefficient (Wildman–Crippen LogP) is 2.65. The van der Waals surface area contributed by atoms with Gasteiger partial charge in [0.25, 0.3) is 0 Å². The van der Waals surface area contributed by atoms with E-state index in [1.54, 1.807) is 13.0 Å². The molecule has 1 aromatic carbocycles. The molecular formula is C12H17F2NO. The van der Waals surface area contributed by atoms with Gasteiger partial charge in [0.1, 0.15) is 0 Å². The first-order chi connectivity index (χ1) is 7.66. The maximum absolute atomic E-state index is 13.4. The van der Waals surface area contributed by atoms with Gasteiger partial charge >= 0.3 is 0 Å². The molecule has 1 aromatic rings. The number of halogens is 2. The second-order valence-corrected chi connectivity index (χ2v) is 3.52. The topological polar surface area (TPSA) is 21.3 Å². The molecule has 0 aliphatic carbocycles. The lowest BCUT2D eigenvalue weighted by Crippen LogP contribution is -2.24. The van der Waals surface area contributed by atoms with Crippen LogP contribution in [0, 0.1) is 11.6 Å². The molecule has 0 saturated heterocycles. The molecule has 0 aliphatic rings. The molecule has 0 amide bonds. The smallest absolute Gasteiger partial charge is 0.163 e. The third kappa shape index (κ3) is 3.54. The second-order valence-electron chi connectivity index (χ2n) is 3.52. The van der Waals surface area contributed by atoms with Crippen LogP contribution in [0.1, 0.15) is 25.5 Å². The number of hydrogen-bond acceptors (Lipinski definition) is 2. The Kier molecular flexibility index (Phi) is 5.35. The van der Waals surface area contributed by atoms with Crippen LogP contribution in [0.25, 0.3) is 0 Å². The molecule has 0 spiro atoms. The van der Waals surface area contributed by atoms with Crippen molar-refractivity contribution in [3.63, 3.8) is 0 Å². The van der Waals surface area contributed by atoms with Crippen molar-refractivity contribution in [3.05, 3.63) is 35.4 Å². The summed E-state index contributed by atoms with van der Waals surface area (Å²) in [6, 6.07) is 3.98. The molecule has 1 rings (SSSR count). The van der Waals surface area contributed by atoms with Crippen molar-refractivity contribution < 1.29 is 13.5 Å².